The summed E-state index contributed by atoms with van der Waals surface area (Å²) in [4.78, 5) is 13.2. The highest BCUT2D eigenvalue weighted by Gasteiger charge is 2.17. The molecule has 1 aromatic rings. The van der Waals surface area contributed by atoms with Crippen molar-refractivity contribution in [3.05, 3.63) is 35.1 Å². The Morgan fingerprint density at radius 2 is 2.40 bits per heavy atom. The monoisotopic (exact) mass is 313 g/mol. The lowest BCUT2D eigenvalue weighted by Gasteiger charge is -2.17. The number of hydrogen-bond donors (Lipinski definition) is 0. The summed E-state index contributed by atoms with van der Waals surface area (Å²) in [5.74, 6) is 0. The van der Waals surface area contributed by atoms with E-state index in [1.807, 2.05) is 0 Å². The number of aliphatic imine (C=N–C) groups is 1. The Bertz CT molecular complexity index is 585. The van der Waals surface area contributed by atoms with Crippen LogP contribution in [0.3, 0.4) is 0 Å². The second-order valence-corrected chi connectivity index (χ2v) is 4.69. The molecule has 0 N–H and O–H groups in total. The fourth-order valence-electron chi connectivity index (χ4n) is 1.76. The van der Waals surface area contributed by atoms with Gasteiger partial charge in [0.15, 0.2) is 5.17 Å². The average Bonchev–Trinajstić information content (AvgIpc) is 2.47. The SMILES string of the molecule is C=C/C(=N\OC)C(Cl)=Nc1cnc2c(c1Cl)COCC2. The molecule has 0 fully saturated rings. The summed E-state index contributed by atoms with van der Waals surface area (Å²) in [6, 6.07) is 0. The molecule has 0 aromatic carbocycles. The number of aromatic nitrogens is 1. The van der Waals surface area contributed by atoms with Gasteiger partial charge in [-0.3, -0.25) is 4.98 Å². The normalized spacial score (nSPS) is 15.8. The summed E-state index contributed by atoms with van der Waals surface area (Å²) < 4.78 is 5.38. The molecule has 0 unspecified atom stereocenters. The minimum Gasteiger partial charge on any atom is -0.399 e. The van der Waals surface area contributed by atoms with E-state index in [4.69, 9.17) is 27.9 Å². The van der Waals surface area contributed by atoms with Gasteiger partial charge in [-0.1, -0.05) is 34.9 Å². The second-order valence-electron chi connectivity index (χ2n) is 3.95. The summed E-state index contributed by atoms with van der Waals surface area (Å²) in [5, 5.41) is 4.32. The Labute approximate surface area is 126 Å². The van der Waals surface area contributed by atoms with Gasteiger partial charge in [-0.15, -0.1) is 0 Å². The van der Waals surface area contributed by atoms with Gasteiger partial charge in [0.05, 0.1) is 24.4 Å². The molecular weight excluding hydrogens is 301 g/mol. The van der Waals surface area contributed by atoms with Gasteiger partial charge in [0.1, 0.15) is 18.5 Å². The molecule has 1 aliphatic heterocycles. The molecule has 7 heteroatoms. The van der Waals surface area contributed by atoms with Gasteiger partial charge in [-0.05, 0) is 6.08 Å². The van der Waals surface area contributed by atoms with Crippen LogP contribution in [-0.2, 0) is 22.6 Å². The standard InChI is InChI=1S/C13H13Cl2N3O2/c1-3-9(18-19-2)13(15)17-11-6-16-10-4-5-20-7-8(10)12(11)14/h3,6H,1,4-5,7H2,2H3/b17-13?,18-9+. The lowest BCUT2D eigenvalue weighted by atomic mass is 10.1. The van der Waals surface area contributed by atoms with Gasteiger partial charge in [-0.25, -0.2) is 4.99 Å². The lowest BCUT2D eigenvalue weighted by molar-refractivity contribution is 0.109. The fraction of sp³-hybridized carbons (Fsp3) is 0.308. The summed E-state index contributed by atoms with van der Waals surface area (Å²) in [7, 11) is 1.42. The quantitative estimate of drug-likeness (QED) is 0.633. The highest BCUT2D eigenvalue weighted by molar-refractivity contribution is 6.85. The highest BCUT2D eigenvalue weighted by Crippen LogP contribution is 2.32. The molecule has 1 aromatic heterocycles. The number of hydrogen-bond acceptors (Lipinski definition) is 5. The van der Waals surface area contributed by atoms with Gasteiger partial charge >= 0.3 is 0 Å². The Morgan fingerprint density at radius 1 is 1.60 bits per heavy atom. The van der Waals surface area contributed by atoms with Crippen molar-refractivity contribution in [2.24, 2.45) is 10.1 Å². The molecule has 106 valence electrons. The van der Waals surface area contributed by atoms with E-state index in [9.17, 15) is 0 Å². The molecule has 20 heavy (non-hydrogen) atoms. The molecule has 0 radical (unpaired) electrons. The van der Waals surface area contributed by atoms with Gasteiger partial charge < -0.3 is 9.57 Å². The lowest BCUT2D eigenvalue weighted by Crippen LogP contribution is -2.12. The van der Waals surface area contributed by atoms with E-state index in [0.717, 1.165) is 17.7 Å². The minimum absolute atomic E-state index is 0.127. The molecule has 0 atom stereocenters. The maximum Gasteiger partial charge on any atom is 0.158 e. The number of halogens is 2. The van der Waals surface area contributed by atoms with E-state index in [1.54, 1.807) is 6.20 Å². The second kappa shape index (κ2) is 6.83. The van der Waals surface area contributed by atoms with Crippen molar-refractivity contribution in [3.63, 3.8) is 0 Å². The Morgan fingerprint density at radius 3 is 3.10 bits per heavy atom. The summed E-state index contributed by atoms with van der Waals surface area (Å²) >= 11 is 12.4. The first kappa shape index (κ1) is 15.0. The van der Waals surface area contributed by atoms with Crippen LogP contribution in [0.5, 0.6) is 0 Å². The van der Waals surface area contributed by atoms with E-state index >= 15 is 0 Å². The van der Waals surface area contributed by atoms with Crippen LogP contribution in [0.4, 0.5) is 5.69 Å². The zero-order valence-corrected chi connectivity index (χ0v) is 12.4. The van der Waals surface area contributed by atoms with Crippen LogP contribution in [0.1, 0.15) is 11.3 Å². The fourth-order valence-corrected chi connectivity index (χ4v) is 2.22. The predicted octanol–water partition coefficient (Wildman–Crippen LogP) is 3.26. The van der Waals surface area contributed by atoms with Crippen molar-refractivity contribution in [2.75, 3.05) is 13.7 Å². The number of fused-ring (bicyclic) bond motifs is 1. The molecule has 0 amide bonds. The number of rotatable bonds is 4. The van der Waals surface area contributed by atoms with Crippen LogP contribution in [0, 0.1) is 0 Å². The van der Waals surface area contributed by atoms with Crippen LogP contribution < -0.4 is 0 Å². The Hall–Kier alpha value is -1.43. The van der Waals surface area contributed by atoms with E-state index < -0.39 is 0 Å². The summed E-state index contributed by atoms with van der Waals surface area (Å²) in [5.41, 5.74) is 2.57. The largest absolute Gasteiger partial charge is 0.399 e. The number of allylic oxidation sites excluding steroid dienone is 1. The first-order valence-corrected chi connectivity index (χ1v) is 6.65. The van der Waals surface area contributed by atoms with Crippen molar-refractivity contribution in [1.29, 1.82) is 0 Å². The number of ether oxygens (including phenoxy) is 1. The van der Waals surface area contributed by atoms with Crippen LogP contribution in [0.15, 0.2) is 29.0 Å². The Kier molecular flexibility index (Phi) is 5.11. The molecule has 2 heterocycles. The third kappa shape index (κ3) is 3.17. The number of pyridine rings is 1. The zero-order chi connectivity index (χ0) is 14.5. The first-order valence-electron chi connectivity index (χ1n) is 5.89. The zero-order valence-electron chi connectivity index (χ0n) is 10.9. The summed E-state index contributed by atoms with van der Waals surface area (Å²) in [6.45, 7) is 4.68. The van der Waals surface area contributed by atoms with Gasteiger partial charge in [0.2, 0.25) is 0 Å². The van der Waals surface area contributed by atoms with E-state index in [2.05, 4.69) is 26.5 Å². The van der Waals surface area contributed by atoms with Gasteiger partial charge in [0, 0.05) is 17.7 Å². The van der Waals surface area contributed by atoms with Crippen LogP contribution in [0.25, 0.3) is 0 Å². The molecule has 0 saturated heterocycles. The molecular formula is C13H13Cl2N3O2. The van der Waals surface area contributed by atoms with Gasteiger partial charge in [-0.2, -0.15) is 0 Å². The third-order valence-corrected chi connectivity index (χ3v) is 3.42. The smallest absolute Gasteiger partial charge is 0.158 e. The van der Waals surface area contributed by atoms with Crippen molar-refractivity contribution in [1.82, 2.24) is 4.98 Å². The molecule has 5 nitrogen and oxygen atoms in total. The Balaban J connectivity index is 2.39. The van der Waals surface area contributed by atoms with E-state index in [-0.39, 0.29) is 5.17 Å². The van der Waals surface area contributed by atoms with Gasteiger partial charge in [0.25, 0.3) is 0 Å². The average molecular weight is 314 g/mol. The number of oxime groups is 1. The highest BCUT2D eigenvalue weighted by atomic mass is 35.5. The molecule has 2 rings (SSSR count). The topological polar surface area (TPSA) is 56.1 Å². The maximum absolute atomic E-state index is 6.31. The predicted molar refractivity (Wildman–Crippen MR) is 80.2 cm³/mol. The molecule has 0 aliphatic carbocycles. The molecule has 0 bridgehead atoms. The van der Waals surface area contributed by atoms with Crippen LogP contribution >= 0.6 is 23.2 Å². The van der Waals surface area contributed by atoms with E-state index in [0.29, 0.717) is 29.6 Å². The minimum atomic E-state index is 0.127. The van der Waals surface area contributed by atoms with Crippen molar-refractivity contribution in [3.8, 4) is 0 Å². The summed E-state index contributed by atoms with van der Waals surface area (Å²) in [6.07, 6.45) is 3.77. The maximum atomic E-state index is 6.31. The van der Waals surface area contributed by atoms with Crippen LogP contribution in [-0.4, -0.2) is 29.6 Å². The number of nitrogens with zero attached hydrogens (tertiary/aromatic N) is 3. The first-order chi connectivity index (χ1) is 9.67. The van der Waals surface area contributed by atoms with Crippen molar-refractivity contribution in [2.45, 2.75) is 13.0 Å². The van der Waals surface area contributed by atoms with E-state index in [1.165, 1.54) is 13.2 Å². The van der Waals surface area contributed by atoms with Crippen molar-refractivity contribution >= 4 is 39.8 Å². The molecule has 0 saturated carbocycles. The van der Waals surface area contributed by atoms with Crippen LogP contribution in [0.2, 0.25) is 5.02 Å². The molecule has 1 aliphatic rings. The molecule has 0 spiro atoms. The third-order valence-electron chi connectivity index (χ3n) is 2.72. The van der Waals surface area contributed by atoms with Crippen molar-refractivity contribution < 1.29 is 9.57 Å².